The Morgan fingerprint density at radius 2 is 1.56 bits per heavy atom. The Kier molecular flexibility index (Phi) is 7.07. The van der Waals surface area contributed by atoms with Gasteiger partial charge in [-0.15, -0.1) is 0 Å². The van der Waals surface area contributed by atoms with Crippen molar-refractivity contribution in [1.29, 1.82) is 0 Å². The van der Waals surface area contributed by atoms with Gasteiger partial charge >= 0.3 is 0 Å². The summed E-state index contributed by atoms with van der Waals surface area (Å²) in [5, 5.41) is 2.95. The molecule has 25 heavy (non-hydrogen) atoms. The highest BCUT2D eigenvalue weighted by Gasteiger charge is 2.21. The van der Waals surface area contributed by atoms with Gasteiger partial charge < -0.3 is 10.2 Å². The molecule has 0 saturated heterocycles. The van der Waals surface area contributed by atoms with Crippen LogP contribution in [0, 0.1) is 11.6 Å². The second kappa shape index (κ2) is 9.28. The number of carbonyl (C=O) groups is 1. The number of amides is 1. The fraction of sp³-hybridized carbons (Fsp3) is 0.350. The van der Waals surface area contributed by atoms with Crippen LogP contribution < -0.4 is 5.32 Å². The minimum absolute atomic E-state index is 0.102. The Hall–Kier alpha value is -2.27. The topological polar surface area (TPSA) is 32.3 Å². The molecule has 1 N–H and O–H groups in total. The zero-order chi connectivity index (χ0) is 18.2. The number of nitrogens with one attached hydrogen (secondary N) is 1. The number of carbonyl (C=O) groups excluding carboxylic acids is 1. The molecule has 1 unspecified atom stereocenters. The Balaban J connectivity index is 2.09. The van der Waals surface area contributed by atoms with Crippen LogP contribution in [0.3, 0.4) is 0 Å². The molecule has 0 fully saturated rings. The van der Waals surface area contributed by atoms with Gasteiger partial charge in [0.25, 0.3) is 0 Å². The van der Waals surface area contributed by atoms with Gasteiger partial charge in [-0.3, -0.25) is 4.79 Å². The third-order valence-electron chi connectivity index (χ3n) is 4.02. The molecular weight excluding hydrogens is 322 g/mol. The maximum absolute atomic E-state index is 13.2. The molecule has 5 heteroatoms. The second-order valence-electron chi connectivity index (χ2n) is 6.38. The van der Waals surface area contributed by atoms with Crippen LogP contribution in [-0.4, -0.2) is 38.0 Å². The molecule has 0 heterocycles. The van der Waals surface area contributed by atoms with Crippen molar-refractivity contribution in [2.24, 2.45) is 0 Å². The highest BCUT2D eigenvalue weighted by Crippen LogP contribution is 2.22. The van der Waals surface area contributed by atoms with Crippen molar-refractivity contribution in [3.63, 3.8) is 0 Å². The molecule has 0 aliphatic heterocycles. The molecule has 1 amide bonds. The first-order valence-electron chi connectivity index (χ1n) is 8.38. The molecule has 0 bridgehead atoms. The molecule has 0 spiro atoms. The summed E-state index contributed by atoms with van der Waals surface area (Å²) in [4.78, 5) is 14.7. The Bertz CT molecular complexity index is 669. The van der Waals surface area contributed by atoms with Crippen LogP contribution in [0.5, 0.6) is 0 Å². The van der Waals surface area contributed by atoms with Crippen molar-refractivity contribution in [1.82, 2.24) is 10.2 Å². The highest BCUT2D eigenvalue weighted by atomic mass is 19.1. The van der Waals surface area contributed by atoms with Gasteiger partial charge in [-0.2, -0.15) is 0 Å². The van der Waals surface area contributed by atoms with Gasteiger partial charge in [0.05, 0.1) is 5.92 Å². The monoisotopic (exact) mass is 346 g/mol. The predicted octanol–water partition coefficient (Wildman–Crippen LogP) is 3.36. The van der Waals surface area contributed by atoms with Gasteiger partial charge in [-0.1, -0.05) is 24.3 Å². The summed E-state index contributed by atoms with van der Waals surface area (Å²) in [6.45, 7) is 1.47. The van der Waals surface area contributed by atoms with E-state index in [2.05, 4.69) is 10.2 Å². The van der Waals surface area contributed by atoms with Crippen LogP contribution >= 0.6 is 0 Å². The molecule has 2 aromatic rings. The van der Waals surface area contributed by atoms with Crippen LogP contribution in [0.15, 0.2) is 48.5 Å². The van der Waals surface area contributed by atoms with Crippen LogP contribution in [0.2, 0.25) is 0 Å². The third-order valence-corrected chi connectivity index (χ3v) is 4.02. The molecular formula is C20H24F2N2O. The highest BCUT2D eigenvalue weighted by molar-refractivity contribution is 5.84. The van der Waals surface area contributed by atoms with E-state index in [1.54, 1.807) is 24.3 Å². The Morgan fingerprint density at radius 1 is 1.00 bits per heavy atom. The summed E-state index contributed by atoms with van der Waals surface area (Å²) in [7, 11) is 3.97. The molecule has 0 aromatic heterocycles. The van der Waals surface area contributed by atoms with Crippen molar-refractivity contribution in [3.8, 4) is 0 Å². The van der Waals surface area contributed by atoms with E-state index in [1.165, 1.54) is 24.3 Å². The SMILES string of the molecule is CN(C)CCCNC(=O)C(Cc1ccc(F)cc1)c1ccc(F)cc1. The molecule has 0 radical (unpaired) electrons. The maximum Gasteiger partial charge on any atom is 0.227 e. The van der Waals surface area contributed by atoms with E-state index in [-0.39, 0.29) is 17.5 Å². The van der Waals surface area contributed by atoms with E-state index in [1.807, 2.05) is 14.1 Å². The summed E-state index contributed by atoms with van der Waals surface area (Å²) >= 11 is 0. The van der Waals surface area contributed by atoms with E-state index < -0.39 is 5.92 Å². The Labute approximate surface area is 147 Å². The van der Waals surface area contributed by atoms with Crippen molar-refractivity contribution < 1.29 is 13.6 Å². The fourth-order valence-electron chi connectivity index (χ4n) is 2.64. The van der Waals surface area contributed by atoms with Crippen molar-refractivity contribution >= 4 is 5.91 Å². The molecule has 2 aromatic carbocycles. The number of halogens is 2. The quantitative estimate of drug-likeness (QED) is 0.744. The van der Waals surface area contributed by atoms with Crippen LogP contribution in [-0.2, 0) is 11.2 Å². The molecule has 0 aliphatic carbocycles. The molecule has 2 rings (SSSR count). The van der Waals surface area contributed by atoms with Crippen molar-refractivity contribution in [2.75, 3.05) is 27.2 Å². The normalized spacial score (nSPS) is 12.2. The van der Waals surface area contributed by atoms with E-state index in [0.29, 0.717) is 13.0 Å². The van der Waals surface area contributed by atoms with Crippen LogP contribution in [0.25, 0.3) is 0 Å². The first kappa shape index (κ1) is 19.1. The zero-order valence-electron chi connectivity index (χ0n) is 14.6. The van der Waals surface area contributed by atoms with Gasteiger partial charge in [0, 0.05) is 6.54 Å². The number of hydrogen-bond donors (Lipinski definition) is 1. The first-order valence-corrected chi connectivity index (χ1v) is 8.38. The van der Waals surface area contributed by atoms with Crippen LogP contribution in [0.4, 0.5) is 8.78 Å². The second-order valence-corrected chi connectivity index (χ2v) is 6.38. The lowest BCUT2D eigenvalue weighted by Crippen LogP contribution is -2.32. The first-order chi connectivity index (χ1) is 12.0. The minimum atomic E-state index is -0.439. The van der Waals surface area contributed by atoms with E-state index in [4.69, 9.17) is 0 Å². The van der Waals surface area contributed by atoms with E-state index in [0.717, 1.165) is 24.1 Å². The fourth-order valence-corrected chi connectivity index (χ4v) is 2.64. The largest absolute Gasteiger partial charge is 0.356 e. The zero-order valence-corrected chi connectivity index (χ0v) is 14.6. The lowest BCUT2D eigenvalue weighted by atomic mass is 9.91. The summed E-state index contributed by atoms with van der Waals surface area (Å²) in [6.07, 6.45) is 1.29. The van der Waals surface area contributed by atoms with Gasteiger partial charge in [0.1, 0.15) is 11.6 Å². The molecule has 1 atom stereocenters. The van der Waals surface area contributed by atoms with Gasteiger partial charge in [-0.05, 0) is 68.9 Å². The number of nitrogens with zero attached hydrogens (tertiary/aromatic N) is 1. The predicted molar refractivity (Wildman–Crippen MR) is 95.4 cm³/mol. The van der Waals surface area contributed by atoms with Gasteiger partial charge in [-0.25, -0.2) is 8.78 Å². The summed E-state index contributed by atoms with van der Waals surface area (Å²) in [6, 6.07) is 12.1. The number of rotatable bonds is 8. The van der Waals surface area contributed by atoms with Crippen molar-refractivity contribution in [2.45, 2.75) is 18.8 Å². The third kappa shape index (κ3) is 6.27. The lowest BCUT2D eigenvalue weighted by molar-refractivity contribution is -0.122. The number of hydrogen-bond acceptors (Lipinski definition) is 2. The standard InChI is InChI=1S/C20H24F2N2O/c1-24(2)13-3-12-23-20(25)19(16-6-10-18(22)11-7-16)14-15-4-8-17(21)9-5-15/h4-11,19H,3,12-14H2,1-2H3,(H,23,25). The smallest absolute Gasteiger partial charge is 0.227 e. The molecule has 3 nitrogen and oxygen atoms in total. The average molecular weight is 346 g/mol. The molecule has 0 saturated carbocycles. The van der Waals surface area contributed by atoms with E-state index in [9.17, 15) is 13.6 Å². The Morgan fingerprint density at radius 3 is 2.12 bits per heavy atom. The maximum atomic E-state index is 13.2. The number of benzene rings is 2. The van der Waals surface area contributed by atoms with Gasteiger partial charge in [0.15, 0.2) is 0 Å². The molecule has 0 aliphatic rings. The lowest BCUT2D eigenvalue weighted by Gasteiger charge is -2.18. The van der Waals surface area contributed by atoms with Crippen LogP contribution in [0.1, 0.15) is 23.5 Å². The summed E-state index contributed by atoms with van der Waals surface area (Å²) < 4.78 is 26.3. The minimum Gasteiger partial charge on any atom is -0.356 e. The summed E-state index contributed by atoms with van der Waals surface area (Å²) in [5.74, 6) is -1.19. The summed E-state index contributed by atoms with van der Waals surface area (Å²) in [5.41, 5.74) is 1.61. The molecule has 134 valence electrons. The average Bonchev–Trinajstić information content (AvgIpc) is 2.59. The van der Waals surface area contributed by atoms with Crippen molar-refractivity contribution in [3.05, 3.63) is 71.3 Å². The van der Waals surface area contributed by atoms with E-state index >= 15 is 0 Å². The van der Waals surface area contributed by atoms with Gasteiger partial charge in [0.2, 0.25) is 5.91 Å².